The van der Waals surface area contributed by atoms with Gasteiger partial charge in [0, 0.05) is 24.9 Å². The van der Waals surface area contributed by atoms with Crippen molar-refractivity contribution in [2.75, 3.05) is 6.54 Å². The van der Waals surface area contributed by atoms with Crippen molar-refractivity contribution in [3.8, 4) is 17.7 Å². The van der Waals surface area contributed by atoms with Gasteiger partial charge in [-0.2, -0.15) is 10.4 Å². The van der Waals surface area contributed by atoms with Crippen molar-refractivity contribution >= 4 is 5.91 Å². The number of aryl methyl sites for hydroxylation is 1. The first-order valence-electron chi connectivity index (χ1n) is 7.82. The third-order valence-electron chi connectivity index (χ3n) is 4.05. The fourth-order valence-electron chi connectivity index (χ4n) is 2.30. The first-order chi connectivity index (χ1) is 11.6. The molecule has 1 saturated carbocycles. The molecular weight excluding hydrogens is 308 g/mol. The number of carbonyl (C=O) groups excluding carboxylic acids is 1. The Bertz CT molecular complexity index is 758. The van der Waals surface area contributed by atoms with Gasteiger partial charge in [-0.05, 0) is 19.8 Å². The van der Waals surface area contributed by atoms with Gasteiger partial charge < -0.3 is 10.1 Å². The Morgan fingerprint density at radius 1 is 1.42 bits per heavy atom. The molecular formula is C16H18N6O2. The molecule has 1 fully saturated rings. The van der Waals surface area contributed by atoms with Crippen LogP contribution in [0.15, 0.2) is 24.8 Å². The Hall–Kier alpha value is -2.95. The Labute approximate surface area is 139 Å². The fourth-order valence-corrected chi connectivity index (χ4v) is 2.30. The van der Waals surface area contributed by atoms with Gasteiger partial charge in [0.1, 0.15) is 5.69 Å². The number of hydrogen-bond acceptors (Lipinski definition) is 6. The van der Waals surface area contributed by atoms with Gasteiger partial charge in [0.2, 0.25) is 5.88 Å². The maximum atomic E-state index is 12.1. The van der Waals surface area contributed by atoms with Gasteiger partial charge in [-0.15, -0.1) is 0 Å². The fraction of sp³-hybridized carbons (Fsp3) is 0.438. The van der Waals surface area contributed by atoms with Crippen LogP contribution in [0.5, 0.6) is 11.6 Å². The molecule has 3 rings (SSSR count). The molecule has 0 aromatic carbocycles. The number of amides is 1. The molecule has 124 valence electrons. The van der Waals surface area contributed by atoms with Crippen LogP contribution in [0.4, 0.5) is 0 Å². The maximum absolute atomic E-state index is 12.1. The first kappa shape index (κ1) is 15.9. The minimum atomic E-state index is -0.294. The van der Waals surface area contributed by atoms with Gasteiger partial charge in [0.05, 0.1) is 30.9 Å². The largest absolute Gasteiger partial charge is 0.434 e. The van der Waals surface area contributed by atoms with Gasteiger partial charge in [0.15, 0.2) is 5.75 Å². The molecule has 0 unspecified atom stereocenters. The zero-order valence-corrected chi connectivity index (χ0v) is 13.4. The van der Waals surface area contributed by atoms with E-state index in [0.29, 0.717) is 24.6 Å². The summed E-state index contributed by atoms with van der Waals surface area (Å²) >= 11 is 0. The van der Waals surface area contributed by atoms with E-state index < -0.39 is 0 Å². The van der Waals surface area contributed by atoms with Crippen molar-refractivity contribution in [3.05, 3.63) is 30.5 Å². The van der Waals surface area contributed by atoms with E-state index in [9.17, 15) is 4.79 Å². The van der Waals surface area contributed by atoms with E-state index in [4.69, 9.17) is 10.00 Å². The minimum absolute atomic E-state index is 0.0413. The highest BCUT2D eigenvalue weighted by Gasteiger charge is 2.42. The molecule has 24 heavy (non-hydrogen) atoms. The number of nitrogens with zero attached hydrogens (tertiary/aromatic N) is 5. The number of carbonyl (C=O) groups is 1. The molecule has 8 nitrogen and oxygen atoms in total. The molecule has 0 spiro atoms. The van der Waals surface area contributed by atoms with E-state index in [1.54, 1.807) is 17.1 Å². The number of hydrogen-bond donors (Lipinski definition) is 1. The lowest BCUT2D eigenvalue weighted by atomic mass is 10.0. The summed E-state index contributed by atoms with van der Waals surface area (Å²) in [5.41, 5.74) is 0.180. The SMILES string of the molecule is CCn1cc(Oc2cnc(C(=O)NCC3(CC#N)CC3)cn2)cn1. The van der Waals surface area contributed by atoms with Crippen molar-refractivity contribution < 1.29 is 9.53 Å². The van der Waals surface area contributed by atoms with Crippen LogP contribution in [0.3, 0.4) is 0 Å². The number of aromatic nitrogens is 4. The minimum Gasteiger partial charge on any atom is -0.434 e. The number of rotatable bonds is 7. The van der Waals surface area contributed by atoms with Crippen LogP contribution in [0.2, 0.25) is 0 Å². The second-order valence-electron chi connectivity index (χ2n) is 5.89. The molecule has 2 aromatic heterocycles. The number of nitriles is 1. The maximum Gasteiger partial charge on any atom is 0.271 e. The highest BCUT2D eigenvalue weighted by Crippen LogP contribution is 2.47. The Kier molecular flexibility index (Phi) is 4.42. The Morgan fingerprint density at radius 2 is 2.25 bits per heavy atom. The molecule has 0 radical (unpaired) electrons. The van der Waals surface area contributed by atoms with Crippen LogP contribution in [0.25, 0.3) is 0 Å². The van der Waals surface area contributed by atoms with Crippen molar-refractivity contribution in [1.82, 2.24) is 25.1 Å². The zero-order chi connectivity index (χ0) is 17.0. The standard InChI is InChI=1S/C16H18N6O2/c1-2-22-10-12(7-21-22)24-14-9-18-13(8-19-14)15(23)20-11-16(3-4-16)5-6-17/h7-10H,2-5,11H2,1H3,(H,20,23). The molecule has 0 bridgehead atoms. The molecule has 1 amide bonds. The van der Waals surface area contributed by atoms with Crippen molar-refractivity contribution in [2.24, 2.45) is 5.41 Å². The third-order valence-corrected chi connectivity index (χ3v) is 4.05. The summed E-state index contributed by atoms with van der Waals surface area (Å²) in [6.45, 7) is 3.23. The van der Waals surface area contributed by atoms with Crippen molar-refractivity contribution in [3.63, 3.8) is 0 Å². The van der Waals surface area contributed by atoms with Crippen molar-refractivity contribution in [2.45, 2.75) is 32.7 Å². The van der Waals surface area contributed by atoms with E-state index in [0.717, 1.165) is 19.4 Å². The van der Waals surface area contributed by atoms with Crippen LogP contribution in [-0.4, -0.2) is 32.2 Å². The van der Waals surface area contributed by atoms with E-state index in [1.807, 2.05) is 6.92 Å². The molecule has 1 N–H and O–H groups in total. The summed E-state index contributed by atoms with van der Waals surface area (Å²) in [5, 5.41) is 15.7. The quantitative estimate of drug-likeness (QED) is 0.833. The van der Waals surface area contributed by atoms with E-state index in [-0.39, 0.29) is 17.0 Å². The second-order valence-corrected chi connectivity index (χ2v) is 5.89. The molecule has 2 aromatic rings. The highest BCUT2D eigenvalue weighted by molar-refractivity contribution is 5.91. The normalized spacial score (nSPS) is 14.7. The Morgan fingerprint density at radius 3 is 2.83 bits per heavy atom. The summed E-state index contributed by atoms with van der Waals surface area (Å²) in [4.78, 5) is 20.3. The van der Waals surface area contributed by atoms with Crippen LogP contribution >= 0.6 is 0 Å². The first-order valence-corrected chi connectivity index (χ1v) is 7.82. The molecule has 0 aliphatic heterocycles. The zero-order valence-electron chi connectivity index (χ0n) is 13.4. The lowest BCUT2D eigenvalue weighted by Gasteiger charge is -2.11. The van der Waals surface area contributed by atoms with Gasteiger partial charge >= 0.3 is 0 Å². The predicted molar refractivity (Wildman–Crippen MR) is 84.2 cm³/mol. The van der Waals surface area contributed by atoms with Gasteiger partial charge in [-0.1, -0.05) is 0 Å². The van der Waals surface area contributed by atoms with Crippen LogP contribution in [0.1, 0.15) is 36.7 Å². The summed E-state index contributed by atoms with van der Waals surface area (Å²) < 4.78 is 7.26. The number of nitrogens with one attached hydrogen (secondary N) is 1. The summed E-state index contributed by atoms with van der Waals surface area (Å²) in [5.74, 6) is 0.568. The van der Waals surface area contributed by atoms with Crippen LogP contribution in [0, 0.1) is 16.7 Å². The molecule has 0 atom stereocenters. The average Bonchev–Trinajstić information content (AvgIpc) is 3.22. The highest BCUT2D eigenvalue weighted by atomic mass is 16.5. The predicted octanol–water partition coefficient (Wildman–Crippen LogP) is 1.91. The molecule has 8 heteroatoms. The number of ether oxygens (including phenoxy) is 1. The van der Waals surface area contributed by atoms with Gasteiger partial charge in [-0.25, -0.2) is 9.97 Å². The monoisotopic (exact) mass is 326 g/mol. The van der Waals surface area contributed by atoms with E-state index in [1.165, 1.54) is 12.4 Å². The van der Waals surface area contributed by atoms with Gasteiger partial charge in [0.25, 0.3) is 5.91 Å². The van der Waals surface area contributed by atoms with Crippen LogP contribution in [-0.2, 0) is 6.54 Å². The summed E-state index contributed by atoms with van der Waals surface area (Å²) in [6, 6.07) is 2.17. The molecule has 1 aliphatic rings. The topological polar surface area (TPSA) is 106 Å². The summed E-state index contributed by atoms with van der Waals surface area (Å²) in [7, 11) is 0. The smallest absolute Gasteiger partial charge is 0.271 e. The van der Waals surface area contributed by atoms with E-state index >= 15 is 0 Å². The summed E-state index contributed by atoms with van der Waals surface area (Å²) in [6.07, 6.45) is 8.55. The molecule has 0 saturated heterocycles. The Balaban J connectivity index is 1.55. The average molecular weight is 326 g/mol. The van der Waals surface area contributed by atoms with E-state index in [2.05, 4.69) is 26.5 Å². The third kappa shape index (κ3) is 3.68. The van der Waals surface area contributed by atoms with Gasteiger partial charge in [-0.3, -0.25) is 9.48 Å². The van der Waals surface area contributed by atoms with Crippen LogP contribution < -0.4 is 10.1 Å². The lowest BCUT2D eigenvalue weighted by molar-refractivity contribution is 0.0939. The molecule has 2 heterocycles. The molecule has 1 aliphatic carbocycles. The lowest BCUT2D eigenvalue weighted by Crippen LogP contribution is -2.30. The van der Waals surface area contributed by atoms with Crippen molar-refractivity contribution in [1.29, 1.82) is 5.26 Å². The second kappa shape index (κ2) is 6.66.